The minimum absolute atomic E-state index is 0. The van der Waals surface area contributed by atoms with Crippen LogP contribution < -0.4 is 18.9 Å². The van der Waals surface area contributed by atoms with Crippen molar-refractivity contribution in [2.75, 3.05) is 7.11 Å². The van der Waals surface area contributed by atoms with E-state index in [1.807, 2.05) is 0 Å². The van der Waals surface area contributed by atoms with Gasteiger partial charge in [0.1, 0.15) is 0 Å². The van der Waals surface area contributed by atoms with E-state index in [0.717, 1.165) is 0 Å². The summed E-state index contributed by atoms with van der Waals surface area (Å²) in [6.45, 7) is 4.95. The zero-order chi connectivity index (χ0) is 5.86. The summed E-state index contributed by atoms with van der Waals surface area (Å²) in [6, 6.07) is 0. The third-order valence-electron chi connectivity index (χ3n) is 0.534. The second-order valence-electron chi connectivity index (χ2n) is 1.27. The van der Waals surface area contributed by atoms with Gasteiger partial charge in [-0.1, -0.05) is 6.58 Å². The number of ether oxygens (including phenoxy) is 1. The van der Waals surface area contributed by atoms with Crippen molar-refractivity contribution in [1.82, 2.24) is 0 Å². The molecule has 0 fully saturated rings. The normalized spacial score (nSPS) is 6.75. The van der Waals surface area contributed by atoms with E-state index < -0.39 is 0 Å². The van der Waals surface area contributed by atoms with Crippen LogP contribution in [0.5, 0.6) is 0 Å². The van der Waals surface area contributed by atoms with Crippen molar-refractivity contribution >= 4 is 5.97 Å². The van der Waals surface area contributed by atoms with Gasteiger partial charge in [0.15, 0.2) is 0 Å². The predicted octanol–water partition coefficient (Wildman–Crippen LogP) is -2.15. The SMILES string of the molecule is C=C(C)C(=O)OC.[H-].[Li+]. The van der Waals surface area contributed by atoms with Gasteiger partial charge in [0.25, 0.3) is 0 Å². The van der Waals surface area contributed by atoms with Gasteiger partial charge in [0.05, 0.1) is 7.11 Å². The summed E-state index contributed by atoms with van der Waals surface area (Å²) in [4.78, 5) is 10.2. The molecule has 0 amide bonds. The standard InChI is InChI=1S/C5H8O2.Li.H/c1-4(2)5(6)7-3;;/h1H2,2-3H3;;/q;+1;-1. The first-order valence-corrected chi connectivity index (χ1v) is 1.92. The maximum atomic E-state index is 10.2. The van der Waals surface area contributed by atoms with Gasteiger partial charge < -0.3 is 6.16 Å². The number of methoxy groups -OCH3 is 1. The maximum absolute atomic E-state index is 10.2. The topological polar surface area (TPSA) is 26.3 Å². The first-order valence-electron chi connectivity index (χ1n) is 1.92. The molecule has 0 aromatic carbocycles. The molecule has 0 aliphatic rings. The molecule has 0 unspecified atom stereocenters. The summed E-state index contributed by atoms with van der Waals surface area (Å²) in [5.41, 5.74) is 0.433. The molecule has 0 radical (unpaired) electrons. The van der Waals surface area contributed by atoms with Crippen LogP contribution in [0.3, 0.4) is 0 Å². The summed E-state index contributed by atoms with van der Waals surface area (Å²) in [5, 5.41) is 0. The first kappa shape index (κ1) is 10.7. The third-order valence-corrected chi connectivity index (χ3v) is 0.534. The van der Waals surface area contributed by atoms with E-state index in [1.165, 1.54) is 7.11 Å². The molecule has 8 heavy (non-hydrogen) atoms. The van der Waals surface area contributed by atoms with Gasteiger partial charge in [-0.15, -0.1) is 0 Å². The summed E-state index contributed by atoms with van der Waals surface area (Å²) >= 11 is 0. The van der Waals surface area contributed by atoms with Crippen LogP contribution in [0.15, 0.2) is 12.2 Å². The average molecular weight is 108 g/mol. The molecule has 0 saturated heterocycles. The fourth-order valence-electron chi connectivity index (χ4n) is 0.174. The van der Waals surface area contributed by atoms with Crippen LogP contribution in [-0.2, 0) is 9.53 Å². The molecule has 0 rings (SSSR count). The van der Waals surface area contributed by atoms with E-state index in [2.05, 4.69) is 11.3 Å². The predicted molar refractivity (Wildman–Crippen MR) is 27.9 cm³/mol. The minimum atomic E-state index is -0.347. The van der Waals surface area contributed by atoms with Crippen LogP contribution in [0.2, 0.25) is 0 Å². The number of carbonyl (C=O) groups is 1. The minimum Gasteiger partial charge on any atom is -1.00 e. The van der Waals surface area contributed by atoms with E-state index in [0.29, 0.717) is 5.57 Å². The Morgan fingerprint density at radius 1 is 1.75 bits per heavy atom. The average Bonchev–Trinajstić information content (AvgIpc) is 1.65. The van der Waals surface area contributed by atoms with Gasteiger partial charge in [-0.25, -0.2) is 4.79 Å². The Bertz CT molecular complexity index is 103. The smallest absolute Gasteiger partial charge is 1.00 e. The Kier molecular flexibility index (Phi) is 6.64. The number of rotatable bonds is 1. The number of carbonyl (C=O) groups excluding carboxylic acids is 1. The van der Waals surface area contributed by atoms with Crippen molar-refractivity contribution in [3.8, 4) is 0 Å². The maximum Gasteiger partial charge on any atom is 1.00 e. The number of hydrogen-bond acceptors (Lipinski definition) is 2. The largest absolute Gasteiger partial charge is 1.00 e. The molecule has 0 aromatic heterocycles. The molecule has 3 heteroatoms. The Morgan fingerprint density at radius 3 is 2.12 bits per heavy atom. The second kappa shape index (κ2) is 4.95. The molecule has 2 nitrogen and oxygen atoms in total. The van der Waals surface area contributed by atoms with E-state index in [9.17, 15) is 4.79 Å². The fourth-order valence-corrected chi connectivity index (χ4v) is 0.174. The van der Waals surface area contributed by atoms with Gasteiger partial charge in [-0.2, -0.15) is 0 Å². The zero-order valence-corrected chi connectivity index (χ0v) is 5.52. The number of esters is 1. The van der Waals surface area contributed by atoms with Crippen LogP contribution in [0.4, 0.5) is 0 Å². The van der Waals surface area contributed by atoms with Gasteiger partial charge in [0.2, 0.25) is 0 Å². The second-order valence-corrected chi connectivity index (χ2v) is 1.27. The summed E-state index contributed by atoms with van der Waals surface area (Å²) in [5.74, 6) is -0.347. The van der Waals surface area contributed by atoms with E-state index in [-0.39, 0.29) is 26.3 Å². The summed E-state index contributed by atoms with van der Waals surface area (Å²) < 4.78 is 4.27. The quantitative estimate of drug-likeness (QED) is 0.217. The van der Waals surface area contributed by atoms with E-state index >= 15 is 0 Å². The molecule has 42 valence electrons. The van der Waals surface area contributed by atoms with Crippen molar-refractivity contribution in [2.24, 2.45) is 0 Å². The van der Waals surface area contributed by atoms with Gasteiger partial charge in [-0.05, 0) is 6.92 Å². The molecule has 0 spiro atoms. The Morgan fingerprint density at radius 2 is 2.12 bits per heavy atom. The molecule has 0 aliphatic carbocycles. The van der Waals surface area contributed by atoms with E-state index in [4.69, 9.17) is 0 Å². The fraction of sp³-hybridized carbons (Fsp3) is 0.400. The van der Waals surface area contributed by atoms with Crippen molar-refractivity contribution in [1.29, 1.82) is 0 Å². The monoisotopic (exact) mass is 108 g/mol. The van der Waals surface area contributed by atoms with Crippen molar-refractivity contribution in [3.05, 3.63) is 12.2 Å². The Labute approximate surface area is 62.6 Å². The Balaban J connectivity index is -0.000000180. The van der Waals surface area contributed by atoms with Crippen LogP contribution >= 0.6 is 0 Å². The third kappa shape index (κ3) is 3.98. The molecule has 0 N–H and O–H groups in total. The molecule has 0 heterocycles. The van der Waals surface area contributed by atoms with Crippen molar-refractivity contribution < 1.29 is 29.8 Å². The summed E-state index contributed by atoms with van der Waals surface area (Å²) in [7, 11) is 1.33. The molecule has 0 atom stereocenters. The van der Waals surface area contributed by atoms with Crippen LogP contribution in [0.1, 0.15) is 8.35 Å². The van der Waals surface area contributed by atoms with Gasteiger partial charge in [0, 0.05) is 5.57 Å². The van der Waals surface area contributed by atoms with Gasteiger partial charge >= 0.3 is 24.8 Å². The Hall–Kier alpha value is -0.193. The van der Waals surface area contributed by atoms with Crippen molar-refractivity contribution in [2.45, 2.75) is 6.92 Å². The number of hydrogen-bond donors (Lipinski definition) is 0. The van der Waals surface area contributed by atoms with Crippen molar-refractivity contribution in [3.63, 3.8) is 0 Å². The zero-order valence-electron chi connectivity index (χ0n) is 6.52. The molecule has 0 saturated carbocycles. The molecular weight excluding hydrogens is 99.0 g/mol. The first-order chi connectivity index (χ1) is 3.18. The van der Waals surface area contributed by atoms with E-state index in [1.54, 1.807) is 6.92 Å². The van der Waals surface area contributed by atoms with Gasteiger partial charge in [-0.3, -0.25) is 0 Å². The van der Waals surface area contributed by atoms with Crippen LogP contribution in [0.25, 0.3) is 0 Å². The molecular formula is C5H9LiO2. The summed E-state index contributed by atoms with van der Waals surface area (Å²) in [6.07, 6.45) is 0. The molecule has 0 aromatic rings. The van der Waals surface area contributed by atoms with Crippen LogP contribution in [0, 0.1) is 0 Å². The molecule has 0 aliphatic heterocycles. The molecule has 0 bridgehead atoms. The van der Waals surface area contributed by atoms with Crippen LogP contribution in [-0.4, -0.2) is 13.1 Å².